The van der Waals surface area contributed by atoms with Crippen LogP contribution in [-0.2, 0) is 11.3 Å². The summed E-state index contributed by atoms with van der Waals surface area (Å²) in [6, 6.07) is 14.2. The molecule has 1 heterocycles. The first-order valence-corrected chi connectivity index (χ1v) is 8.13. The van der Waals surface area contributed by atoms with Crippen LogP contribution in [-0.4, -0.2) is 23.5 Å². The van der Waals surface area contributed by atoms with E-state index in [1.165, 1.54) is 0 Å². The Morgan fingerprint density at radius 2 is 2.00 bits per heavy atom. The predicted octanol–water partition coefficient (Wildman–Crippen LogP) is 4.31. The van der Waals surface area contributed by atoms with Crippen LogP contribution in [0.1, 0.15) is 18.4 Å². The van der Waals surface area contributed by atoms with E-state index in [-0.39, 0.29) is 11.9 Å². The van der Waals surface area contributed by atoms with E-state index in [0.717, 1.165) is 12.0 Å². The van der Waals surface area contributed by atoms with Crippen LogP contribution >= 0.6 is 11.6 Å². The first-order chi connectivity index (χ1) is 11.7. The van der Waals surface area contributed by atoms with Gasteiger partial charge in [-0.25, -0.2) is 0 Å². The molecule has 124 valence electrons. The largest absolute Gasteiger partial charge is 0.491 e. The maximum Gasteiger partial charge on any atom is 0.223 e. The van der Waals surface area contributed by atoms with Gasteiger partial charge in [0.1, 0.15) is 18.0 Å². The summed E-state index contributed by atoms with van der Waals surface area (Å²) in [4.78, 5) is 24.4. The highest BCUT2D eigenvalue weighted by atomic mass is 35.5. The van der Waals surface area contributed by atoms with E-state index in [1.807, 2.05) is 29.2 Å². The Bertz CT molecular complexity index is 733. The molecule has 24 heavy (non-hydrogen) atoms. The molecule has 5 nitrogen and oxygen atoms in total. The summed E-state index contributed by atoms with van der Waals surface area (Å²) in [5, 5.41) is 3.52. The van der Waals surface area contributed by atoms with Gasteiger partial charge in [0.2, 0.25) is 5.91 Å². The van der Waals surface area contributed by atoms with Crippen molar-refractivity contribution in [3.05, 3.63) is 64.0 Å². The molecule has 0 bridgehead atoms. The number of rotatable bonds is 6. The van der Waals surface area contributed by atoms with Gasteiger partial charge in [0.05, 0.1) is 6.04 Å². The molecule has 0 aliphatic carbocycles. The van der Waals surface area contributed by atoms with Gasteiger partial charge in [-0.15, -0.1) is 4.91 Å². The molecule has 2 aromatic rings. The molecule has 0 spiro atoms. The van der Waals surface area contributed by atoms with Crippen molar-refractivity contribution < 1.29 is 9.53 Å². The van der Waals surface area contributed by atoms with E-state index < -0.39 is 0 Å². The number of hydrogen-bond acceptors (Lipinski definition) is 4. The van der Waals surface area contributed by atoms with Crippen molar-refractivity contribution in [2.75, 3.05) is 6.61 Å². The monoisotopic (exact) mass is 344 g/mol. The molecule has 1 saturated heterocycles. The number of benzene rings is 2. The number of amides is 1. The average Bonchev–Trinajstić information content (AvgIpc) is 2.94. The van der Waals surface area contributed by atoms with Crippen molar-refractivity contribution in [2.24, 2.45) is 5.18 Å². The summed E-state index contributed by atoms with van der Waals surface area (Å²) in [5.74, 6) is 0.786. The van der Waals surface area contributed by atoms with E-state index in [4.69, 9.17) is 16.3 Å². The van der Waals surface area contributed by atoms with Crippen molar-refractivity contribution in [1.82, 2.24) is 4.90 Å². The predicted molar refractivity (Wildman–Crippen MR) is 92.4 cm³/mol. The van der Waals surface area contributed by atoms with Gasteiger partial charge < -0.3 is 9.64 Å². The van der Waals surface area contributed by atoms with Gasteiger partial charge in [0.15, 0.2) is 0 Å². The molecule has 1 aliphatic heterocycles. The third kappa shape index (κ3) is 3.92. The molecule has 0 N–H and O–H groups in total. The minimum absolute atomic E-state index is 0.0281. The second kappa shape index (κ2) is 7.45. The van der Waals surface area contributed by atoms with Gasteiger partial charge >= 0.3 is 0 Å². The van der Waals surface area contributed by atoms with Crippen LogP contribution in [0.4, 0.5) is 5.69 Å². The first-order valence-electron chi connectivity index (χ1n) is 7.76. The number of hydrogen-bond donors (Lipinski definition) is 0. The topological polar surface area (TPSA) is 59.0 Å². The Morgan fingerprint density at radius 1 is 1.21 bits per heavy atom. The smallest absolute Gasteiger partial charge is 0.223 e. The van der Waals surface area contributed by atoms with Crippen molar-refractivity contribution >= 4 is 23.2 Å². The van der Waals surface area contributed by atoms with E-state index in [0.29, 0.717) is 36.0 Å². The Kier molecular flexibility index (Phi) is 5.11. The van der Waals surface area contributed by atoms with Gasteiger partial charge in [-0.3, -0.25) is 4.79 Å². The molecule has 0 aromatic heterocycles. The lowest BCUT2D eigenvalue weighted by atomic mass is 10.2. The molecule has 1 atom stereocenters. The van der Waals surface area contributed by atoms with Crippen LogP contribution in [0.25, 0.3) is 0 Å². The van der Waals surface area contributed by atoms with Gasteiger partial charge in [-0.1, -0.05) is 23.7 Å². The zero-order chi connectivity index (χ0) is 16.9. The van der Waals surface area contributed by atoms with Crippen LogP contribution in [0.2, 0.25) is 5.02 Å². The fraction of sp³-hybridized carbons (Fsp3) is 0.278. The van der Waals surface area contributed by atoms with Crippen LogP contribution in [0, 0.1) is 4.91 Å². The Labute approximate surface area is 145 Å². The highest BCUT2D eigenvalue weighted by Crippen LogP contribution is 2.24. The summed E-state index contributed by atoms with van der Waals surface area (Å²) in [6.07, 6.45) is 1.30. The number of nitrogens with zero attached hydrogens (tertiary/aromatic N) is 2. The van der Waals surface area contributed by atoms with Crippen molar-refractivity contribution in [2.45, 2.75) is 25.4 Å². The molecule has 6 heteroatoms. The highest BCUT2D eigenvalue weighted by Gasteiger charge is 2.31. The maximum atomic E-state index is 12.2. The van der Waals surface area contributed by atoms with Gasteiger partial charge in [0, 0.05) is 18.0 Å². The zero-order valence-corrected chi connectivity index (χ0v) is 13.8. The molecule has 1 fully saturated rings. The van der Waals surface area contributed by atoms with Crippen molar-refractivity contribution in [3.63, 3.8) is 0 Å². The highest BCUT2D eigenvalue weighted by molar-refractivity contribution is 6.30. The molecule has 1 amide bonds. The van der Waals surface area contributed by atoms with Crippen molar-refractivity contribution in [3.8, 4) is 5.75 Å². The number of likely N-dealkylation sites (tertiary alicyclic amines) is 1. The number of halogens is 1. The molecular weight excluding hydrogens is 328 g/mol. The van der Waals surface area contributed by atoms with Gasteiger partial charge in [-0.2, -0.15) is 0 Å². The lowest BCUT2D eigenvalue weighted by Crippen LogP contribution is -2.36. The average molecular weight is 345 g/mol. The lowest BCUT2D eigenvalue weighted by molar-refractivity contribution is -0.129. The first kappa shape index (κ1) is 16.5. The minimum atomic E-state index is 0.0281. The van der Waals surface area contributed by atoms with Gasteiger partial charge in [0.25, 0.3) is 0 Å². The quantitative estimate of drug-likeness (QED) is 0.734. The van der Waals surface area contributed by atoms with E-state index in [1.54, 1.807) is 24.3 Å². The SMILES string of the molecule is O=Nc1ccc(OCC2CCC(=O)N2Cc2cccc(Cl)c2)cc1. The fourth-order valence-corrected chi connectivity index (χ4v) is 3.02. The number of nitroso groups, excluding NO2 is 1. The van der Waals surface area contributed by atoms with Gasteiger partial charge in [-0.05, 0) is 53.6 Å². The molecule has 0 radical (unpaired) electrons. The molecule has 1 unspecified atom stereocenters. The molecule has 0 saturated carbocycles. The summed E-state index contributed by atoms with van der Waals surface area (Å²) in [6.45, 7) is 0.946. The third-order valence-corrected chi connectivity index (χ3v) is 4.31. The Morgan fingerprint density at radius 3 is 2.71 bits per heavy atom. The molecule has 2 aromatic carbocycles. The maximum absolute atomic E-state index is 12.2. The summed E-state index contributed by atoms with van der Waals surface area (Å²) >= 11 is 6.01. The second-order valence-electron chi connectivity index (χ2n) is 5.74. The minimum Gasteiger partial charge on any atom is -0.491 e. The van der Waals surface area contributed by atoms with E-state index >= 15 is 0 Å². The van der Waals surface area contributed by atoms with Crippen molar-refractivity contribution in [1.29, 1.82) is 0 Å². The number of carbonyl (C=O) groups excluding carboxylic acids is 1. The zero-order valence-electron chi connectivity index (χ0n) is 13.0. The fourth-order valence-electron chi connectivity index (χ4n) is 2.81. The molecule has 1 aliphatic rings. The lowest BCUT2D eigenvalue weighted by Gasteiger charge is -2.25. The summed E-state index contributed by atoms with van der Waals surface area (Å²) in [5.41, 5.74) is 1.37. The standard InChI is InChI=1S/C18H17ClN2O3/c19-14-3-1-2-13(10-14)11-21-16(6-9-18(21)22)12-24-17-7-4-15(20-23)5-8-17/h1-5,7-8,10,16H,6,9,11-12H2. The summed E-state index contributed by atoms with van der Waals surface area (Å²) < 4.78 is 5.77. The molecular formula is C18H17ClN2O3. The Balaban J connectivity index is 1.63. The number of carbonyl (C=O) groups is 1. The van der Waals surface area contributed by atoms with E-state index in [9.17, 15) is 9.70 Å². The van der Waals surface area contributed by atoms with E-state index in [2.05, 4.69) is 5.18 Å². The second-order valence-corrected chi connectivity index (χ2v) is 6.18. The number of ether oxygens (including phenoxy) is 1. The molecule has 3 rings (SSSR count). The van der Waals surface area contributed by atoms with Crippen LogP contribution in [0.5, 0.6) is 5.75 Å². The van der Waals surface area contributed by atoms with Crippen LogP contribution < -0.4 is 4.74 Å². The third-order valence-electron chi connectivity index (χ3n) is 4.08. The summed E-state index contributed by atoms with van der Waals surface area (Å²) in [7, 11) is 0. The Hall–Kier alpha value is -2.40. The van der Waals surface area contributed by atoms with Crippen LogP contribution in [0.15, 0.2) is 53.7 Å². The normalized spacial score (nSPS) is 17.1. The van der Waals surface area contributed by atoms with Crippen LogP contribution in [0.3, 0.4) is 0 Å².